The van der Waals surface area contributed by atoms with Gasteiger partial charge in [0, 0.05) is 32.2 Å². The Morgan fingerprint density at radius 3 is 2.52 bits per heavy atom. The molecule has 0 amide bonds. The van der Waals surface area contributed by atoms with Gasteiger partial charge in [-0.05, 0) is 49.4 Å². The second-order valence-electron chi connectivity index (χ2n) is 7.68. The fourth-order valence-electron chi connectivity index (χ4n) is 3.80. The summed E-state index contributed by atoms with van der Waals surface area (Å²) in [5.74, 6) is 1.83. The van der Waals surface area contributed by atoms with Gasteiger partial charge >= 0.3 is 0 Å². The molecule has 0 aromatic heterocycles. The maximum Gasteiger partial charge on any atom is 0.191 e. The number of benzene rings is 2. The molecule has 5 heteroatoms. The zero-order valence-electron chi connectivity index (χ0n) is 17.9. The minimum atomic E-state index is 0.470. The lowest BCUT2D eigenvalue weighted by Crippen LogP contribution is -2.48. The van der Waals surface area contributed by atoms with Gasteiger partial charge in [0.05, 0.1) is 13.7 Å². The second-order valence-corrected chi connectivity index (χ2v) is 7.68. The molecule has 1 saturated heterocycles. The van der Waals surface area contributed by atoms with E-state index in [1.165, 1.54) is 11.1 Å². The number of aliphatic imine (C=N–C) groups is 1. The topological polar surface area (TPSA) is 48.9 Å². The third-order valence-electron chi connectivity index (χ3n) is 5.40. The van der Waals surface area contributed by atoms with Gasteiger partial charge in [0.1, 0.15) is 5.75 Å². The molecule has 3 rings (SSSR count). The smallest absolute Gasteiger partial charge is 0.191 e. The Morgan fingerprint density at radius 2 is 1.86 bits per heavy atom. The normalized spacial score (nSPS) is 15.9. The van der Waals surface area contributed by atoms with Gasteiger partial charge in [0.2, 0.25) is 0 Å². The third-order valence-corrected chi connectivity index (χ3v) is 5.40. The summed E-state index contributed by atoms with van der Waals surface area (Å²) in [6.45, 7) is 8.97. The van der Waals surface area contributed by atoms with Crippen molar-refractivity contribution < 1.29 is 4.74 Å². The van der Waals surface area contributed by atoms with E-state index in [1.807, 2.05) is 6.07 Å². The molecule has 2 N–H and O–H groups in total. The molecule has 1 aliphatic rings. The minimum absolute atomic E-state index is 0.470. The fourth-order valence-corrected chi connectivity index (χ4v) is 3.80. The lowest BCUT2D eigenvalue weighted by molar-refractivity contribution is 0.198. The molecule has 1 aliphatic heterocycles. The maximum atomic E-state index is 5.35. The van der Waals surface area contributed by atoms with Gasteiger partial charge < -0.3 is 15.4 Å². The van der Waals surface area contributed by atoms with Gasteiger partial charge in [-0.25, -0.2) is 4.99 Å². The van der Waals surface area contributed by atoms with E-state index in [0.29, 0.717) is 12.6 Å². The number of guanidine groups is 1. The summed E-state index contributed by atoms with van der Waals surface area (Å²) in [5, 5.41) is 7.03. The summed E-state index contributed by atoms with van der Waals surface area (Å²) in [6.07, 6.45) is 2.28. The predicted molar refractivity (Wildman–Crippen MR) is 120 cm³/mol. The monoisotopic (exact) mass is 394 g/mol. The van der Waals surface area contributed by atoms with Crippen LogP contribution < -0.4 is 15.4 Å². The largest absolute Gasteiger partial charge is 0.496 e. The Kier molecular flexibility index (Phi) is 7.94. The van der Waals surface area contributed by atoms with Gasteiger partial charge in [0.25, 0.3) is 0 Å². The van der Waals surface area contributed by atoms with E-state index in [2.05, 4.69) is 71.8 Å². The van der Waals surface area contributed by atoms with Crippen LogP contribution in [0.15, 0.2) is 53.5 Å². The fraction of sp³-hybridized carbons (Fsp3) is 0.458. The average Bonchev–Trinajstić information content (AvgIpc) is 2.74. The Balaban J connectivity index is 1.51. The van der Waals surface area contributed by atoms with Crippen molar-refractivity contribution in [3.63, 3.8) is 0 Å². The van der Waals surface area contributed by atoms with Crippen LogP contribution in [0, 0.1) is 6.92 Å². The molecule has 5 nitrogen and oxygen atoms in total. The Hall–Kier alpha value is -2.53. The van der Waals surface area contributed by atoms with Crippen molar-refractivity contribution in [2.75, 3.05) is 26.7 Å². The molecule has 0 saturated carbocycles. The molecule has 156 valence electrons. The summed E-state index contributed by atoms with van der Waals surface area (Å²) in [5.41, 5.74) is 3.73. The first kappa shape index (κ1) is 21.2. The first-order valence-corrected chi connectivity index (χ1v) is 10.6. The molecule has 0 radical (unpaired) electrons. The molecule has 0 atom stereocenters. The van der Waals surface area contributed by atoms with Gasteiger partial charge in [-0.1, -0.05) is 42.5 Å². The lowest BCUT2D eigenvalue weighted by Gasteiger charge is -2.33. The van der Waals surface area contributed by atoms with Gasteiger partial charge in [-0.3, -0.25) is 4.90 Å². The van der Waals surface area contributed by atoms with Crippen LogP contribution in [0.2, 0.25) is 0 Å². The van der Waals surface area contributed by atoms with E-state index in [9.17, 15) is 0 Å². The van der Waals surface area contributed by atoms with Crippen LogP contribution in [0.3, 0.4) is 0 Å². The average molecular weight is 395 g/mol. The van der Waals surface area contributed by atoms with Gasteiger partial charge in [-0.2, -0.15) is 0 Å². The SMILES string of the molecule is CCNC(=NCc1ccc(OC)c(C)c1)NC1CCN(Cc2ccccc2)CC1. The highest BCUT2D eigenvalue weighted by atomic mass is 16.5. The van der Waals surface area contributed by atoms with Gasteiger partial charge in [0.15, 0.2) is 5.96 Å². The highest BCUT2D eigenvalue weighted by Crippen LogP contribution is 2.19. The first-order chi connectivity index (χ1) is 14.2. The van der Waals surface area contributed by atoms with Crippen LogP contribution in [0.4, 0.5) is 0 Å². The molecule has 0 aliphatic carbocycles. The Morgan fingerprint density at radius 1 is 1.10 bits per heavy atom. The zero-order chi connectivity index (χ0) is 20.5. The van der Waals surface area contributed by atoms with E-state index in [4.69, 9.17) is 9.73 Å². The van der Waals surface area contributed by atoms with Crippen LogP contribution in [-0.2, 0) is 13.1 Å². The summed E-state index contributed by atoms with van der Waals surface area (Å²) in [4.78, 5) is 7.34. The van der Waals surface area contributed by atoms with Crippen LogP contribution in [-0.4, -0.2) is 43.6 Å². The Labute approximate surface area is 175 Å². The number of hydrogen-bond acceptors (Lipinski definition) is 3. The number of nitrogens with zero attached hydrogens (tertiary/aromatic N) is 2. The van der Waals surface area contributed by atoms with E-state index < -0.39 is 0 Å². The molecule has 1 heterocycles. The first-order valence-electron chi connectivity index (χ1n) is 10.6. The van der Waals surface area contributed by atoms with Crippen molar-refractivity contribution in [2.45, 2.75) is 45.8 Å². The standard InChI is InChI=1S/C24H34N4O/c1-4-25-24(26-17-21-10-11-23(29-3)19(2)16-21)27-22-12-14-28(15-13-22)18-20-8-6-5-7-9-20/h5-11,16,22H,4,12-15,17-18H2,1-3H3,(H2,25,26,27). The molecular formula is C24H34N4O. The number of piperidine rings is 1. The number of ether oxygens (including phenoxy) is 1. The molecular weight excluding hydrogens is 360 g/mol. The molecule has 2 aromatic carbocycles. The number of aryl methyl sites for hydroxylation is 1. The highest BCUT2D eigenvalue weighted by molar-refractivity contribution is 5.80. The molecule has 1 fully saturated rings. The molecule has 29 heavy (non-hydrogen) atoms. The van der Waals surface area contributed by atoms with E-state index in [0.717, 1.165) is 56.3 Å². The summed E-state index contributed by atoms with van der Waals surface area (Å²) < 4.78 is 5.35. The van der Waals surface area contributed by atoms with Crippen molar-refractivity contribution in [1.82, 2.24) is 15.5 Å². The number of methoxy groups -OCH3 is 1. The van der Waals surface area contributed by atoms with Crippen molar-refractivity contribution >= 4 is 5.96 Å². The van der Waals surface area contributed by atoms with Crippen LogP contribution in [0.25, 0.3) is 0 Å². The second kappa shape index (κ2) is 10.9. The number of hydrogen-bond donors (Lipinski definition) is 2. The highest BCUT2D eigenvalue weighted by Gasteiger charge is 2.20. The van der Waals surface area contributed by atoms with E-state index in [-0.39, 0.29) is 0 Å². The predicted octanol–water partition coefficient (Wildman–Crippen LogP) is 3.72. The number of rotatable bonds is 7. The van der Waals surface area contributed by atoms with Crippen LogP contribution in [0.1, 0.15) is 36.5 Å². The molecule has 0 bridgehead atoms. The summed E-state index contributed by atoms with van der Waals surface area (Å²) in [6, 6.07) is 17.5. The van der Waals surface area contributed by atoms with Crippen molar-refractivity contribution in [1.29, 1.82) is 0 Å². The van der Waals surface area contributed by atoms with Crippen LogP contribution >= 0.6 is 0 Å². The van der Waals surface area contributed by atoms with E-state index in [1.54, 1.807) is 7.11 Å². The zero-order valence-corrected chi connectivity index (χ0v) is 17.9. The number of likely N-dealkylation sites (tertiary alicyclic amines) is 1. The summed E-state index contributed by atoms with van der Waals surface area (Å²) >= 11 is 0. The van der Waals surface area contributed by atoms with Crippen molar-refractivity contribution in [3.8, 4) is 5.75 Å². The van der Waals surface area contributed by atoms with Crippen molar-refractivity contribution in [2.24, 2.45) is 4.99 Å². The van der Waals surface area contributed by atoms with Crippen molar-refractivity contribution in [3.05, 3.63) is 65.2 Å². The summed E-state index contributed by atoms with van der Waals surface area (Å²) in [7, 11) is 1.71. The Bertz CT molecular complexity index is 783. The van der Waals surface area contributed by atoms with Gasteiger partial charge in [-0.15, -0.1) is 0 Å². The molecule has 2 aromatic rings. The quantitative estimate of drug-likeness (QED) is 0.555. The molecule has 0 spiro atoms. The maximum absolute atomic E-state index is 5.35. The molecule has 0 unspecified atom stereocenters. The third kappa shape index (κ3) is 6.50. The lowest BCUT2D eigenvalue weighted by atomic mass is 10.0. The van der Waals surface area contributed by atoms with E-state index >= 15 is 0 Å². The number of nitrogens with one attached hydrogen (secondary N) is 2. The minimum Gasteiger partial charge on any atom is -0.496 e. The van der Waals surface area contributed by atoms with Crippen LogP contribution in [0.5, 0.6) is 5.75 Å².